The highest BCUT2D eigenvalue weighted by atomic mass is 16.1. The molecule has 0 aliphatic carbocycles. The number of pyridine rings is 1. The van der Waals surface area contributed by atoms with Crippen molar-refractivity contribution in [2.24, 2.45) is 0 Å². The molecule has 51 valence electrons. The van der Waals surface area contributed by atoms with Crippen LogP contribution >= 0.6 is 0 Å². The van der Waals surface area contributed by atoms with Crippen LogP contribution in [0.2, 0.25) is 0 Å². The Morgan fingerprint density at radius 2 is 2.60 bits per heavy atom. The maximum absolute atomic E-state index is 10.9. The molecular weight excluding hydrogens is 126 g/mol. The monoisotopic (exact) mass is 134 g/mol. The second-order valence-electron chi connectivity index (χ2n) is 1.92. The van der Waals surface area contributed by atoms with Gasteiger partial charge >= 0.3 is 0 Å². The van der Waals surface area contributed by atoms with Gasteiger partial charge in [-0.1, -0.05) is 6.08 Å². The predicted octanol–water partition coefficient (Wildman–Crippen LogP) is 0.904. The van der Waals surface area contributed by atoms with E-state index in [0.717, 1.165) is 0 Å². The zero-order chi connectivity index (χ0) is 7.40. The van der Waals surface area contributed by atoms with Crippen LogP contribution < -0.4 is 5.56 Å². The molecule has 0 saturated heterocycles. The number of hydrogen-bond donors (Lipinski definition) is 1. The first-order chi connectivity index (χ1) is 4.84. The molecule has 0 saturated carbocycles. The van der Waals surface area contributed by atoms with Gasteiger partial charge in [0.25, 0.3) is 5.56 Å². The number of nitrogens with one attached hydrogen (secondary N) is 1. The van der Waals surface area contributed by atoms with Crippen LogP contribution in [-0.2, 0) is 6.42 Å². The van der Waals surface area contributed by atoms with Gasteiger partial charge in [-0.25, -0.2) is 0 Å². The molecule has 1 heterocycles. The average molecular weight is 134 g/mol. The van der Waals surface area contributed by atoms with E-state index in [0.29, 0.717) is 12.0 Å². The van der Waals surface area contributed by atoms with Crippen molar-refractivity contribution in [3.05, 3.63) is 46.9 Å². The van der Waals surface area contributed by atoms with Gasteiger partial charge in [-0.15, -0.1) is 6.58 Å². The summed E-state index contributed by atoms with van der Waals surface area (Å²) in [6.45, 7) is 3.52. The van der Waals surface area contributed by atoms with E-state index in [1.807, 2.05) is 0 Å². The van der Waals surface area contributed by atoms with E-state index in [1.54, 1.807) is 18.3 Å². The summed E-state index contributed by atoms with van der Waals surface area (Å²) in [6.07, 6.45) is 3.83. The fraction of sp³-hybridized carbons (Fsp3) is 0.125. The van der Waals surface area contributed by atoms with Gasteiger partial charge in [0.15, 0.2) is 0 Å². The Morgan fingerprint density at radius 1 is 1.80 bits per heavy atom. The molecule has 2 nitrogen and oxygen atoms in total. The maximum atomic E-state index is 10.9. The second-order valence-corrected chi connectivity index (χ2v) is 1.92. The highest BCUT2D eigenvalue weighted by Gasteiger charge is 1.92. The molecule has 1 rings (SSSR count). The summed E-state index contributed by atoms with van der Waals surface area (Å²) in [5.74, 6) is 0. The molecule has 0 aromatic carbocycles. The lowest BCUT2D eigenvalue weighted by Gasteiger charge is -1.89. The molecule has 2 heteroatoms. The fourth-order valence-corrected chi connectivity index (χ4v) is 0.708. The highest BCUT2D eigenvalue weighted by molar-refractivity contribution is 5.09. The molecule has 1 N–H and O–H groups in total. The molecule has 0 aliphatic heterocycles. The van der Waals surface area contributed by atoms with E-state index >= 15 is 0 Å². The van der Waals surface area contributed by atoms with E-state index in [2.05, 4.69) is 17.6 Å². The Hall–Kier alpha value is -1.31. The first-order valence-electron chi connectivity index (χ1n) is 3.03. The predicted molar refractivity (Wildman–Crippen MR) is 39.8 cm³/mol. The van der Waals surface area contributed by atoms with E-state index in [1.165, 1.54) is 0 Å². The third-order valence-corrected chi connectivity index (χ3v) is 1.18. The Bertz CT molecular complexity index is 275. The first kappa shape index (κ1) is 6.81. The minimum absolute atomic E-state index is 0.0811. The van der Waals surface area contributed by atoms with Gasteiger partial charge in [0.1, 0.15) is 0 Å². The van der Waals surface area contributed by atoms with Crippen molar-refractivity contribution >= 4 is 0 Å². The lowest BCUT2D eigenvalue weighted by molar-refractivity contribution is 1.12. The second kappa shape index (κ2) is 3.01. The molecule has 0 unspecified atom stereocenters. The summed E-state index contributed by atoms with van der Waals surface area (Å²) in [5, 5.41) is 0. The summed E-state index contributed by atoms with van der Waals surface area (Å²) in [4.78, 5) is 13.4. The molecule has 1 aromatic rings. The van der Waals surface area contributed by atoms with Gasteiger partial charge in [-0.2, -0.15) is 0 Å². The van der Waals surface area contributed by atoms with E-state index in [9.17, 15) is 4.79 Å². The molecule has 0 fully saturated rings. The standard InChI is InChI=1S/C8H8NO/c1-2-4-7-5-3-6-9-8(7)10/h2-3,6H,1,4H2,(H,9,10). The summed E-state index contributed by atoms with van der Waals surface area (Å²) in [6, 6.07) is 4.50. The van der Waals surface area contributed by atoms with Crippen molar-refractivity contribution in [1.29, 1.82) is 0 Å². The highest BCUT2D eigenvalue weighted by Crippen LogP contribution is 1.88. The molecule has 0 aliphatic rings. The van der Waals surface area contributed by atoms with E-state index < -0.39 is 0 Å². The van der Waals surface area contributed by atoms with Crippen molar-refractivity contribution in [2.75, 3.05) is 0 Å². The van der Waals surface area contributed by atoms with Crippen LogP contribution in [0.4, 0.5) is 0 Å². The number of hydrogen-bond acceptors (Lipinski definition) is 1. The Labute approximate surface area is 59.2 Å². The minimum atomic E-state index is -0.0811. The third-order valence-electron chi connectivity index (χ3n) is 1.18. The molecule has 1 aromatic heterocycles. The van der Waals surface area contributed by atoms with E-state index in [4.69, 9.17) is 0 Å². The minimum Gasteiger partial charge on any atom is -0.329 e. The summed E-state index contributed by atoms with van der Waals surface area (Å²) in [5.41, 5.74) is 0.555. The number of aromatic amines is 1. The maximum Gasteiger partial charge on any atom is 0.252 e. The van der Waals surface area contributed by atoms with Crippen molar-refractivity contribution in [2.45, 2.75) is 6.42 Å². The van der Waals surface area contributed by atoms with Gasteiger partial charge in [-0.3, -0.25) is 4.79 Å². The van der Waals surface area contributed by atoms with Crippen LogP contribution in [0.15, 0.2) is 29.7 Å². The van der Waals surface area contributed by atoms with Gasteiger partial charge in [0.05, 0.1) is 0 Å². The Kier molecular flexibility index (Phi) is 2.05. The van der Waals surface area contributed by atoms with E-state index in [-0.39, 0.29) is 5.56 Å². The number of rotatable bonds is 2. The van der Waals surface area contributed by atoms with Crippen LogP contribution in [0.25, 0.3) is 0 Å². The lowest BCUT2D eigenvalue weighted by atomic mass is 10.2. The van der Waals surface area contributed by atoms with Gasteiger partial charge in [0, 0.05) is 11.8 Å². The molecule has 0 atom stereocenters. The van der Waals surface area contributed by atoms with Crippen molar-refractivity contribution in [1.82, 2.24) is 4.98 Å². The van der Waals surface area contributed by atoms with Gasteiger partial charge in [-0.05, 0) is 18.6 Å². The molecule has 1 radical (unpaired) electrons. The summed E-state index contributed by atoms with van der Waals surface area (Å²) >= 11 is 0. The fourth-order valence-electron chi connectivity index (χ4n) is 0.708. The van der Waals surface area contributed by atoms with Crippen LogP contribution in [0.3, 0.4) is 0 Å². The number of aromatic nitrogens is 1. The molecular formula is C8H8NO. The summed E-state index contributed by atoms with van der Waals surface area (Å²) < 4.78 is 0. The molecule has 10 heavy (non-hydrogen) atoms. The van der Waals surface area contributed by atoms with Gasteiger partial charge in [0.2, 0.25) is 0 Å². The zero-order valence-corrected chi connectivity index (χ0v) is 5.55. The molecule has 0 bridgehead atoms. The zero-order valence-electron chi connectivity index (χ0n) is 5.55. The van der Waals surface area contributed by atoms with Crippen LogP contribution in [0.1, 0.15) is 5.56 Å². The molecule has 0 amide bonds. The topological polar surface area (TPSA) is 32.9 Å². The normalized spacial score (nSPS) is 9.20. The number of H-pyrrole nitrogens is 1. The van der Waals surface area contributed by atoms with Crippen LogP contribution in [-0.4, -0.2) is 4.98 Å². The SMILES string of the molecule is C=CCc1[c]cc[nH]c1=O. The van der Waals surface area contributed by atoms with Crippen molar-refractivity contribution < 1.29 is 0 Å². The third kappa shape index (κ3) is 1.35. The Balaban J connectivity index is 3.03. The smallest absolute Gasteiger partial charge is 0.252 e. The van der Waals surface area contributed by atoms with Crippen LogP contribution in [0, 0.1) is 6.07 Å². The van der Waals surface area contributed by atoms with Crippen molar-refractivity contribution in [3.8, 4) is 0 Å². The van der Waals surface area contributed by atoms with Crippen LogP contribution in [0.5, 0.6) is 0 Å². The lowest BCUT2D eigenvalue weighted by Crippen LogP contribution is -2.09. The Morgan fingerprint density at radius 3 is 3.20 bits per heavy atom. The van der Waals surface area contributed by atoms with Gasteiger partial charge < -0.3 is 4.98 Å². The number of allylic oxidation sites excluding steroid dienone is 1. The molecule has 0 spiro atoms. The largest absolute Gasteiger partial charge is 0.329 e. The van der Waals surface area contributed by atoms with Crippen molar-refractivity contribution in [3.63, 3.8) is 0 Å². The average Bonchev–Trinajstić information content (AvgIpc) is 1.94. The quantitative estimate of drug-likeness (QED) is 0.599. The summed E-state index contributed by atoms with van der Waals surface area (Å²) in [7, 11) is 0. The first-order valence-corrected chi connectivity index (χ1v) is 3.03.